The van der Waals surface area contributed by atoms with Crippen molar-refractivity contribution in [1.29, 1.82) is 0 Å². The van der Waals surface area contributed by atoms with Crippen molar-refractivity contribution in [1.82, 2.24) is 5.32 Å². The Labute approximate surface area is 109 Å². The summed E-state index contributed by atoms with van der Waals surface area (Å²) in [5.41, 5.74) is 6.93. The first-order valence-corrected chi connectivity index (χ1v) is 6.27. The van der Waals surface area contributed by atoms with Crippen molar-refractivity contribution in [2.75, 3.05) is 6.54 Å². The van der Waals surface area contributed by atoms with Crippen LogP contribution in [-0.2, 0) is 11.2 Å². The Balaban J connectivity index is 2.24. The van der Waals surface area contributed by atoms with Crippen molar-refractivity contribution in [3.63, 3.8) is 0 Å². The molecule has 1 atom stereocenters. The second kappa shape index (κ2) is 8.32. The first-order chi connectivity index (χ1) is 8.74. The van der Waals surface area contributed by atoms with Crippen LogP contribution in [0.5, 0.6) is 0 Å². The van der Waals surface area contributed by atoms with Crippen LogP contribution in [0.15, 0.2) is 30.3 Å². The predicted molar refractivity (Wildman–Crippen MR) is 73.8 cm³/mol. The van der Waals surface area contributed by atoms with Gasteiger partial charge >= 0.3 is 0 Å². The second-order valence-corrected chi connectivity index (χ2v) is 4.04. The number of benzene rings is 1. The van der Waals surface area contributed by atoms with Gasteiger partial charge in [-0.3, -0.25) is 4.79 Å². The fourth-order valence-electron chi connectivity index (χ4n) is 1.51. The van der Waals surface area contributed by atoms with Gasteiger partial charge in [0, 0.05) is 19.4 Å². The molecule has 1 aromatic rings. The Morgan fingerprint density at radius 1 is 1.33 bits per heavy atom. The van der Waals surface area contributed by atoms with Crippen LogP contribution in [0.1, 0.15) is 25.3 Å². The number of hydrogen-bond acceptors (Lipinski definition) is 2. The first kappa shape index (κ1) is 14.3. The van der Waals surface area contributed by atoms with Gasteiger partial charge in [0.2, 0.25) is 5.91 Å². The summed E-state index contributed by atoms with van der Waals surface area (Å²) in [7, 11) is 0. The summed E-state index contributed by atoms with van der Waals surface area (Å²) in [6.07, 6.45) is 2.04. The highest BCUT2D eigenvalue weighted by Gasteiger charge is 2.10. The van der Waals surface area contributed by atoms with Crippen LogP contribution >= 0.6 is 0 Å². The Bertz CT molecular complexity index is 417. The van der Waals surface area contributed by atoms with E-state index < -0.39 is 6.04 Å². The molecule has 3 nitrogen and oxygen atoms in total. The van der Waals surface area contributed by atoms with Crippen LogP contribution in [0.4, 0.5) is 0 Å². The number of amides is 1. The summed E-state index contributed by atoms with van der Waals surface area (Å²) in [5, 5.41) is 2.83. The minimum atomic E-state index is -0.528. The van der Waals surface area contributed by atoms with Crippen molar-refractivity contribution >= 4 is 5.91 Å². The van der Waals surface area contributed by atoms with E-state index in [0.29, 0.717) is 13.0 Å². The maximum atomic E-state index is 11.6. The van der Waals surface area contributed by atoms with Gasteiger partial charge < -0.3 is 11.1 Å². The Kier molecular flexibility index (Phi) is 6.60. The molecular formula is C15H20N2O. The van der Waals surface area contributed by atoms with Crippen LogP contribution in [-0.4, -0.2) is 18.5 Å². The summed E-state index contributed by atoms with van der Waals surface area (Å²) < 4.78 is 0. The van der Waals surface area contributed by atoms with Crippen molar-refractivity contribution in [3.8, 4) is 11.8 Å². The Morgan fingerprint density at radius 3 is 2.72 bits per heavy atom. The molecule has 1 amide bonds. The molecule has 1 rings (SSSR count). The van der Waals surface area contributed by atoms with E-state index in [2.05, 4.69) is 17.2 Å². The van der Waals surface area contributed by atoms with E-state index in [1.54, 1.807) is 0 Å². The number of nitrogens with one attached hydrogen (secondary N) is 1. The van der Waals surface area contributed by atoms with E-state index in [9.17, 15) is 4.79 Å². The molecule has 3 heteroatoms. The number of hydrogen-bond donors (Lipinski definition) is 2. The molecule has 0 aliphatic carbocycles. The fourth-order valence-corrected chi connectivity index (χ4v) is 1.51. The third-order valence-electron chi connectivity index (χ3n) is 2.52. The number of carbonyl (C=O) groups excluding carboxylic acids is 1. The fraction of sp³-hybridized carbons (Fsp3) is 0.400. The van der Waals surface area contributed by atoms with Gasteiger partial charge in [-0.15, -0.1) is 11.8 Å². The lowest BCUT2D eigenvalue weighted by Crippen LogP contribution is -2.41. The summed E-state index contributed by atoms with van der Waals surface area (Å²) in [4.78, 5) is 11.6. The molecule has 0 fully saturated rings. The summed E-state index contributed by atoms with van der Waals surface area (Å²) in [5.74, 6) is 5.67. The third kappa shape index (κ3) is 5.51. The highest BCUT2D eigenvalue weighted by atomic mass is 16.2. The van der Waals surface area contributed by atoms with Gasteiger partial charge in [-0.1, -0.05) is 37.3 Å². The van der Waals surface area contributed by atoms with Gasteiger partial charge in [0.15, 0.2) is 0 Å². The highest BCUT2D eigenvalue weighted by Crippen LogP contribution is 1.98. The quantitative estimate of drug-likeness (QED) is 0.771. The van der Waals surface area contributed by atoms with Gasteiger partial charge in [0.25, 0.3) is 0 Å². The van der Waals surface area contributed by atoms with E-state index >= 15 is 0 Å². The Morgan fingerprint density at radius 2 is 2.06 bits per heavy atom. The Hall–Kier alpha value is -1.79. The van der Waals surface area contributed by atoms with Crippen LogP contribution in [0.25, 0.3) is 0 Å². The molecule has 1 unspecified atom stereocenters. The molecule has 1 aromatic carbocycles. The van der Waals surface area contributed by atoms with E-state index in [0.717, 1.165) is 12.8 Å². The molecule has 0 saturated heterocycles. The number of nitrogens with two attached hydrogens (primary N) is 1. The largest absolute Gasteiger partial charge is 0.354 e. The average molecular weight is 244 g/mol. The lowest BCUT2D eigenvalue weighted by atomic mass is 10.1. The molecular weight excluding hydrogens is 224 g/mol. The van der Waals surface area contributed by atoms with E-state index in [4.69, 9.17) is 5.73 Å². The monoisotopic (exact) mass is 244 g/mol. The highest BCUT2D eigenvalue weighted by molar-refractivity contribution is 5.81. The number of rotatable bonds is 5. The molecule has 0 spiro atoms. The summed E-state index contributed by atoms with van der Waals surface area (Å²) >= 11 is 0. The predicted octanol–water partition coefficient (Wildman–Crippen LogP) is 1.48. The maximum absolute atomic E-state index is 11.6. The zero-order valence-electron chi connectivity index (χ0n) is 10.8. The van der Waals surface area contributed by atoms with Gasteiger partial charge in [0.1, 0.15) is 0 Å². The molecule has 0 aromatic heterocycles. The van der Waals surface area contributed by atoms with Crippen molar-refractivity contribution in [2.24, 2.45) is 5.73 Å². The molecule has 0 heterocycles. The van der Waals surface area contributed by atoms with Gasteiger partial charge in [-0.05, 0) is 12.0 Å². The van der Waals surface area contributed by atoms with Crippen LogP contribution in [0, 0.1) is 11.8 Å². The maximum Gasteiger partial charge on any atom is 0.237 e. The molecule has 0 saturated carbocycles. The van der Waals surface area contributed by atoms with Gasteiger partial charge in [-0.2, -0.15) is 0 Å². The van der Waals surface area contributed by atoms with Crippen molar-refractivity contribution in [2.45, 2.75) is 32.2 Å². The van der Waals surface area contributed by atoms with Gasteiger partial charge in [-0.25, -0.2) is 0 Å². The van der Waals surface area contributed by atoms with E-state index in [-0.39, 0.29) is 5.91 Å². The van der Waals surface area contributed by atoms with Crippen LogP contribution in [0.3, 0.4) is 0 Å². The molecule has 0 bridgehead atoms. The lowest BCUT2D eigenvalue weighted by Gasteiger charge is -2.09. The zero-order chi connectivity index (χ0) is 13.2. The van der Waals surface area contributed by atoms with Crippen molar-refractivity contribution < 1.29 is 4.79 Å². The standard InChI is InChI=1S/C15H20N2O/c1-2-3-5-10-14(16)15(18)17-12-11-13-8-6-4-7-9-13/h4,6-9,14H,2,10-12,16H2,1H3,(H,17,18). The molecule has 18 heavy (non-hydrogen) atoms. The third-order valence-corrected chi connectivity index (χ3v) is 2.52. The smallest absolute Gasteiger partial charge is 0.237 e. The molecule has 3 N–H and O–H groups in total. The average Bonchev–Trinajstić information content (AvgIpc) is 2.40. The molecule has 0 aliphatic rings. The minimum absolute atomic E-state index is 0.128. The first-order valence-electron chi connectivity index (χ1n) is 6.27. The summed E-state index contributed by atoms with van der Waals surface area (Å²) in [6, 6.07) is 9.51. The SMILES string of the molecule is CCC#CCC(N)C(=O)NCCc1ccccc1. The van der Waals surface area contributed by atoms with Crippen LogP contribution in [0.2, 0.25) is 0 Å². The van der Waals surface area contributed by atoms with Crippen LogP contribution < -0.4 is 11.1 Å². The molecule has 0 aliphatic heterocycles. The normalized spacial score (nSPS) is 11.2. The molecule has 96 valence electrons. The number of carbonyl (C=O) groups is 1. The topological polar surface area (TPSA) is 55.1 Å². The lowest BCUT2D eigenvalue weighted by molar-refractivity contribution is -0.122. The van der Waals surface area contributed by atoms with E-state index in [1.807, 2.05) is 37.3 Å². The van der Waals surface area contributed by atoms with E-state index in [1.165, 1.54) is 5.56 Å². The minimum Gasteiger partial charge on any atom is -0.354 e. The van der Waals surface area contributed by atoms with Gasteiger partial charge in [0.05, 0.1) is 6.04 Å². The summed E-state index contributed by atoms with van der Waals surface area (Å²) in [6.45, 7) is 2.58. The van der Waals surface area contributed by atoms with Crippen molar-refractivity contribution in [3.05, 3.63) is 35.9 Å². The zero-order valence-corrected chi connectivity index (χ0v) is 10.8. The molecule has 0 radical (unpaired) electrons. The second-order valence-electron chi connectivity index (χ2n) is 4.04.